The van der Waals surface area contributed by atoms with Gasteiger partial charge in [0.15, 0.2) is 5.79 Å². The average Bonchev–Trinajstić information content (AvgIpc) is 3.43. The van der Waals surface area contributed by atoms with Crippen LogP contribution >= 0.6 is 7.82 Å². The highest BCUT2D eigenvalue weighted by molar-refractivity contribution is 7.45. The van der Waals surface area contributed by atoms with Gasteiger partial charge in [0.1, 0.15) is 19.3 Å². The van der Waals surface area contributed by atoms with Crippen LogP contribution in [0.2, 0.25) is 0 Å². The zero-order valence-electron chi connectivity index (χ0n) is 32.0. The van der Waals surface area contributed by atoms with Crippen molar-refractivity contribution in [2.24, 2.45) is 0 Å². The molecule has 1 heterocycles. The molecule has 2 atom stereocenters. The fraction of sp³-hybridized carbons (Fsp3) is 1.00. The van der Waals surface area contributed by atoms with Gasteiger partial charge >= 0.3 is 0 Å². The van der Waals surface area contributed by atoms with Gasteiger partial charge in [-0.25, -0.2) is 0 Å². The van der Waals surface area contributed by atoms with Crippen LogP contribution in [0, 0.1) is 0 Å². The molecule has 0 aromatic carbocycles. The lowest BCUT2D eigenvalue weighted by Gasteiger charge is -2.29. The van der Waals surface area contributed by atoms with Crippen molar-refractivity contribution in [2.75, 3.05) is 47.5 Å². The third-order valence-corrected chi connectivity index (χ3v) is 10.6. The van der Waals surface area contributed by atoms with E-state index in [9.17, 15) is 9.46 Å². The van der Waals surface area contributed by atoms with Gasteiger partial charge in [0.25, 0.3) is 7.82 Å². The molecule has 1 saturated heterocycles. The molecule has 1 aliphatic heterocycles. The third kappa shape index (κ3) is 27.4. The highest BCUT2D eigenvalue weighted by atomic mass is 31.2. The minimum Gasteiger partial charge on any atom is -0.756 e. The predicted molar refractivity (Wildman–Crippen MR) is 197 cm³/mol. The maximum Gasteiger partial charge on any atom is 0.268 e. The number of quaternary nitrogens is 1. The minimum atomic E-state index is -4.37. The molecular formula is C39H80NO6P. The van der Waals surface area contributed by atoms with Crippen molar-refractivity contribution < 1.29 is 32.5 Å². The number of phosphoric ester groups is 1. The van der Waals surface area contributed by atoms with Gasteiger partial charge in [-0.2, -0.15) is 0 Å². The molecule has 282 valence electrons. The number of likely N-dealkylation sites (N-methyl/N-ethyl adjacent to an activating group) is 1. The van der Waals surface area contributed by atoms with Gasteiger partial charge in [-0.3, -0.25) is 4.57 Å². The standard InChI is InChI=1S/C39H80NO6P/c1-6-8-10-12-14-16-18-20-22-24-26-28-30-32-39(33-31-29-27-25-23-21-19-17-15-13-11-9-7-2)43-36-38(46-39)37-45-47(41,42)44-35-34-40(3,4)5/h38H,6-37H2,1-5H3. The van der Waals surface area contributed by atoms with E-state index in [2.05, 4.69) is 13.8 Å². The number of nitrogens with zero attached hydrogens (tertiary/aromatic N) is 1. The molecule has 0 amide bonds. The first-order chi connectivity index (χ1) is 22.6. The molecule has 1 fully saturated rings. The molecular weight excluding hydrogens is 609 g/mol. The summed E-state index contributed by atoms with van der Waals surface area (Å²) in [5.74, 6) is -0.610. The second-order valence-corrected chi connectivity index (χ2v) is 16.9. The maximum atomic E-state index is 12.3. The third-order valence-electron chi connectivity index (χ3n) is 9.67. The Hall–Kier alpha value is -0.0100. The van der Waals surface area contributed by atoms with E-state index in [0.717, 1.165) is 25.7 Å². The van der Waals surface area contributed by atoms with Crippen LogP contribution in [0.4, 0.5) is 0 Å². The summed E-state index contributed by atoms with van der Waals surface area (Å²) < 4.78 is 36.1. The highest BCUT2D eigenvalue weighted by Crippen LogP contribution is 2.40. The second kappa shape index (κ2) is 28.7. The van der Waals surface area contributed by atoms with Crippen molar-refractivity contribution in [1.82, 2.24) is 0 Å². The molecule has 1 rings (SSSR count). The van der Waals surface area contributed by atoms with Gasteiger partial charge in [-0.05, 0) is 12.8 Å². The zero-order valence-corrected chi connectivity index (χ0v) is 32.9. The van der Waals surface area contributed by atoms with E-state index in [0.29, 0.717) is 17.6 Å². The summed E-state index contributed by atoms with van der Waals surface area (Å²) in [7, 11) is 1.62. The molecule has 7 nitrogen and oxygen atoms in total. The van der Waals surface area contributed by atoms with Gasteiger partial charge < -0.3 is 27.9 Å². The lowest BCUT2D eigenvalue weighted by Crippen LogP contribution is -2.37. The Morgan fingerprint density at radius 3 is 1.34 bits per heavy atom. The van der Waals surface area contributed by atoms with Crippen LogP contribution in [0.1, 0.15) is 194 Å². The van der Waals surface area contributed by atoms with Gasteiger partial charge in [0.2, 0.25) is 0 Å². The molecule has 8 heteroatoms. The summed E-state index contributed by atoms with van der Waals surface area (Å²) in [5, 5.41) is 0. The minimum absolute atomic E-state index is 0.0515. The molecule has 0 aromatic heterocycles. The van der Waals surface area contributed by atoms with Crippen LogP contribution in [0.5, 0.6) is 0 Å². The zero-order chi connectivity index (χ0) is 34.5. The number of ether oxygens (including phenoxy) is 2. The van der Waals surface area contributed by atoms with Gasteiger partial charge in [-0.15, -0.1) is 0 Å². The summed E-state index contributed by atoms with van der Waals surface area (Å²) >= 11 is 0. The summed E-state index contributed by atoms with van der Waals surface area (Å²) in [6.07, 6.45) is 35.9. The number of phosphoric acid groups is 1. The Labute approximate surface area is 292 Å². The van der Waals surface area contributed by atoms with Gasteiger partial charge in [0.05, 0.1) is 34.4 Å². The van der Waals surface area contributed by atoms with Crippen molar-refractivity contribution >= 4 is 7.82 Å². The summed E-state index contributed by atoms with van der Waals surface area (Å²) in [5.41, 5.74) is 0. The molecule has 2 unspecified atom stereocenters. The Kier molecular flexibility index (Phi) is 27.4. The first-order valence-electron chi connectivity index (χ1n) is 20.3. The Balaban J connectivity index is 2.35. The van der Waals surface area contributed by atoms with E-state index in [1.807, 2.05) is 21.1 Å². The number of rotatable bonds is 35. The number of unbranched alkanes of at least 4 members (excludes halogenated alkanes) is 24. The lowest BCUT2D eigenvalue weighted by molar-refractivity contribution is -0.870. The Morgan fingerprint density at radius 2 is 0.979 bits per heavy atom. The molecule has 0 aromatic rings. The number of hydrogen-bond donors (Lipinski definition) is 0. The van der Waals surface area contributed by atoms with Crippen molar-refractivity contribution in [3.8, 4) is 0 Å². The van der Waals surface area contributed by atoms with Crippen molar-refractivity contribution in [1.29, 1.82) is 0 Å². The SMILES string of the molecule is CCCCCCCCCCCCCCCC1(CCCCCCCCCCCCCCC)OCC(COP(=O)([O-])OCC[N+](C)(C)C)O1. The quantitative estimate of drug-likeness (QED) is 0.0374. The van der Waals surface area contributed by atoms with Crippen molar-refractivity contribution in [3.63, 3.8) is 0 Å². The fourth-order valence-electron chi connectivity index (χ4n) is 6.55. The van der Waals surface area contributed by atoms with Gasteiger partial charge in [-0.1, -0.05) is 168 Å². The van der Waals surface area contributed by atoms with Crippen LogP contribution in [0.15, 0.2) is 0 Å². The van der Waals surface area contributed by atoms with Crippen molar-refractivity contribution in [3.05, 3.63) is 0 Å². The molecule has 47 heavy (non-hydrogen) atoms. The van der Waals surface area contributed by atoms with Crippen LogP contribution in [0.3, 0.4) is 0 Å². The monoisotopic (exact) mass is 690 g/mol. The van der Waals surface area contributed by atoms with Crippen LogP contribution in [0.25, 0.3) is 0 Å². The van der Waals surface area contributed by atoms with E-state index in [-0.39, 0.29) is 19.3 Å². The van der Waals surface area contributed by atoms with E-state index < -0.39 is 13.6 Å². The van der Waals surface area contributed by atoms with E-state index >= 15 is 0 Å². The summed E-state index contributed by atoms with van der Waals surface area (Å²) in [6, 6.07) is 0. The van der Waals surface area contributed by atoms with E-state index in [1.54, 1.807) is 0 Å². The summed E-state index contributed by atoms with van der Waals surface area (Å²) in [6.45, 7) is 5.57. The topological polar surface area (TPSA) is 77.1 Å². The lowest BCUT2D eigenvalue weighted by atomic mass is 9.98. The van der Waals surface area contributed by atoms with E-state index in [1.165, 1.54) is 154 Å². The Bertz CT molecular complexity index is 715. The summed E-state index contributed by atoms with van der Waals surface area (Å²) in [4.78, 5) is 12.3. The predicted octanol–water partition coefficient (Wildman–Crippen LogP) is 11.3. The molecule has 0 saturated carbocycles. The van der Waals surface area contributed by atoms with Crippen LogP contribution in [-0.4, -0.2) is 63.9 Å². The Morgan fingerprint density at radius 1 is 0.617 bits per heavy atom. The maximum absolute atomic E-state index is 12.3. The smallest absolute Gasteiger partial charge is 0.268 e. The molecule has 0 radical (unpaired) electrons. The first-order valence-corrected chi connectivity index (χ1v) is 21.8. The highest BCUT2D eigenvalue weighted by Gasteiger charge is 2.41. The molecule has 0 bridgehead atoms. The van der Waals surface area contributed by atoms with Crippen molar-refractivity contribution in [2.45, 2.75) is 206 Å². The molecule has 0 aliphatic carbocycles. The van der Waals surface area contributed by atoms with Gasteiger partial charge in [0, 0.05) is 12.8 Å². The molecule has 1 aliphatic rings. The van der Waals surface area contributed by atoms with Crippen LogP contribution < -0.4 is 4.89 Å². The second-order valence-electron chi connectivity index (χ2n) is 15.5. The number of hydrogen-bond acceptors (Lipinski definition) is 6. The fourth-order valence-corrected chi connectivity index (χ4v) is 7.28. The molecule has 0 spiro atoms. The average molecular weight is 690 g/mol. The van der Waals surface area contributed by atoms with Crippen LogP contribution in [-0.2, 0) is 23.1 Å². The normalized spacial score (nSPS) is 17.8. The first kappa shape index (κ1) is 45.0. The largest absolute Gasteiger partial charge is 0.756 e. The van der Waals surface area contributed by atoms with E-state index in [4.69, 9.17) is 18.5 Å². The molecule has 0 N–H and O–H groups in total.